The number of amides is 1. The zero-order valence-electron chi connectivity index (χ0n) is 17.2. The Hall–Kier alpha value is -3.32. The van der Waals surface area contributed by atoms with Crippen molar-refractivity contribution in [2.75, 3.05) is 6.61 Å². The third-order valence-electron chi connectivity index (χ3n) is 4.88. The Bertz CT molecular complexity index is 1090. The van der Waals surface area contributed by atoms with E-state index in [-0.39, 0.29) is 19.1 Å². The second kappa shape index (κ2) is 8.81. The standard InChI is InChI=1S/C23H22ClN3O4/c1-15-3-7-18(8-4-15)30-14-21(28)25-17-11-23(2,12-17)22-26-20(27-31-22)13-29-19-9-5-16(24)6-10-19/h3-11H,12-14H2,1-2H3,(H,25,28). The third kappa shape index (κ3) is 5.24. The number of nitrogens with one attached hydrogen (secondary N) is 1. The van der Waals surface area contributed by atoms with Crippen molar-refractivity contribution in [1.82, 2.24) is 15.5 Å². The quantitative estimate of drug-likeness (QED) is 0.561. The highest BCUT2D eigenvalue weighted by molar-refractivity contribution is 6.30. The van der Waals surface area contributed by atoms with Gasteiger partial charge in [0.25, 0.3) is 5.91 Å². The maximum Gasteiger partial charge on any atom is 0.262 e. The first-order chi connectivity index (χ1) is 14.9. The molecule has 2 aromatic carbocycles. The highest BCUT2D eigenvalue weighted by atomic mass is 35.5. The molecular weight excluding hydrogens is 418 g/mol. The number of carbonyl (C=O) groups excluding carboxylic acids is 1. The number of aryl methyl sites for hydroxylation is 1. The number of halogens is 1. The SMILES string of the molecule is Cc1ccc(OCC(=O)NC2=CC(C)(c3nc(COc4ccc(Cl)cc4)no3)C2)cc1. The van der Waals surface area contributed by atoms with Crippen LogP contribution in [0.25, 0.3) is 0 Å². The highest BCUT2D eigenvalue weighted by Gasteiger charge is 2.39. The van der Waals surface area contributed by atoms with E-state index >= 15 is 0 Å². The van der Waals surface area contributed by atoms with Gasteiger partial charge in [-0.05, 0) is 56.3 Å². The van der Waals surface area contributed by atoms with E-state index < -0.39 is 5.41 Å². The van der Waals surface area contributed by atoms with Crippen molar-refractivity contribution in [3.05, 3.63) is 82.6 Å². The van der Waals surface area contributed by atoms with E-state index in [9.17, 15) is 4.79 Å². The van der Waals surface area contributed by atoms with E-state index in [0.717, 1.165) is 11.3 Å². The van der Waals surface area contributed by atoms with Crippen LogP contribution in [-0.4, -0.2) is 22.7 Å². The predicted octanol–water partition coefficient (Wildman–Crippen LogP) is 4.35. The number of carbonyl (C=O) groups is 1. The maximum atomic E-state index is 12.1. The van der Waals surface area contributed by atoms with Crippen LogP contribution in [0.3, 0.4) is 0 Å². The predicted molar refractivity (Wildman–Crippen MR) is 115 cm³/mol. The monoisotopic (exact) mass is 439 g/mol. The number of ether oxygens (including phenoxy) is 2. The molecule has 4 rings (SSSR count). The zero-order valence-corrected chi connectivity index (χ0v) is 18.0. The summed E-state index contributed by atoms with van der Waals surface area (Å²) >= 11 is 5.86. The molecule has 8 heteroatoms. The number of rotatable bonds is 8. The second-order valence-corrected chi connectivity index (χ2v) is 8.11. The van der Waals surface area contributed by atoms with E-state index in [1.165, 1.54) is 0 Å². The van der Waals surface area contributed by atoms with Crippen LogP contribution < -0.4 is 14.8 Å². The molecule has 1 atom stereocenters. The fourth-order valence-electron chi connectivity index (χ4n) is 3.19. The largest absolute Gasteiger partial charge is 0.485 e. The van der Waals surface area contributed by atoms with Gasteiger partial charge in [-0.3, -0.25) is 4.79 Å². The Morgan fingerprint density at radius 2 is 1.77 bits per heavy atom. The Balaban J connectivity index is 1.27. The molecule has 0 aliphatic heterocycles. The lowest BCUT2D eigenvalue weighted by Gasteiger charge is -2.33. The Morgan fingerprint density at radius 3 is 2.48 bits per heavy atom. The van der Waals surface area contributed by atoms with Crippen LogP contribution in [0, 0.1) is 6.92 Å². The molecule has 1 aliphatic rings. The van der Waals surface area contributed by atoms with Crippen LogP contribution in [-0.2, 0) is 16.8 Å². The van der Waals surface area contributed by atoms with Crippen LogP contribution >= 0.6 is 11.6 Å². The number of allylic oxidation sites excluding steroid dienone is 2. The van der Waals surface area contributed by atoms with Crippen LogP contribution in [0.4, 0.5) is 0 Å². The number of benzene rings is 2. The molecule has 1 N–H and O–H groups in total. The van der Waals surface area contributed by atoms with Crippen molar-refractivity contribution in [2.24, 2.45) is 0 Å². The first-order valence-electron chi connectivity index (χ1n) is 9.82. The smallest absolute Gasteiger partial charge is 0.262 e. The molecule has 160 valence electrons. The van der Waals surface area contributed by atoms with E-state index in [4.69, 9.17) is 25.6 Å². The molecule has 3 aromatic rings. The molecule has 0 bridgehead atoms. The van der Waals surface area contributed by atoms with Gasteiger partial charge in [-0.25, -0.2) is 0 Å². The van der Waals surface area contributed by atoms with Crippen molar-refractivity contribution in [2.45, 2.75) is 32.3 Å². The summed E-state index contributed by atoms with van der Waals surface area (Å²) in [6.07, 6.45) is 2.50. The Morgan fingerprint density at radius 1 is 1.13 bits per heavy atom. The van der Waals surface area contributed by atoms with Gasteiger partial charge in [0.1, 0.15) is 11.5 Å². The fourth-order valence-corrected chi connectivity index (χ4v) is 3.32. The molecule has 1 amide bonds. The van der Waals surface area contributed by atoms with E-state index in [1.807, 2.05) is 44.2 Å². The molecular formula is C23H22ClN3O4. The fraction of sp³-hybridized carbons (Fsp3) is 0.261. The molecule has 1 heterocycles. The molecule has 0 fully saturated rings. The van der Waals surface area contributed by atoms with Crippen LogP contribution in [0.5, 0.6) is 11.5 Å². The first-order valence-corrected chi connectivity index (χ1v) is 10.2. The van der Waals surface area contributed by atoms with Crippen molar-refractivity contribution >= 4 is 17.5 Å². The average Bonchev–Trinajstić information content (AvgIpc) is 3.21. The molecule has 1 unspecified atom stereocenters. The van der Waals surface area contributed by atoms with Gasteiger partial charge in [-0.15, -0.1) is 0 Å². The summed E-state index contributed by atoms with van der Waals surface area (Å²) in [5, 5.41) is 7.47. The molecule has 1 aromatic heterocycles. The highest BCUT2D eigenvalue weighted by Crippen LogP contribution is 2.39. The molecule has 1 aliphatic carbocycles. The Kier molecular flexibility index (Phi) is 5.95. The average molecular weight is 440 g/mol. The Labute approximate surface area is 185 Å². The van der Waals surface area contributed by atoms with E-state index in [1.54, 1.807) is 24.3 Å². The third-order valence-corrected chi connectivity index (χ3v) is 5.13. The van der Waals surface area contributed by atoms with E-state index in [2.05, 4.69) is 15.5 Å². The molecule has 31 heavy (non-hydrogen) atoms. The van der Waals surface area contributed by atoms with Crippen molar-refractivity contribution < 1.29 is 18.8 Å². The lowest BCUT2D eigenvalue weighted by molar-refractivity contribution is -0.122. The van der Waals surface area contributed by atoms with Gasteiger partial charge < -0.3 is 19.3 Å². The topological polar surface area (TPSA) is 86.5 Å². The van der Waals surface area contributed by atoms with E-state index in [0.29, 0.717) is 34.7 Å². The van der Waals surface area contributed by atoms with Gasteiger partial charge in [-0.2, -0.15) is 4.98 Å². The molecule has 0 saturated carbocycles. The van der Waals surface area contributed by atoms with Crippen molar-refractivity contribution in [3.63, 3.8) is 0 Å². The van der Waals surface area contributed by atoms with Crippen molar-refractivity contribution in [3.8, 4) is 11.5 Å². The first kappa shape index (κ1) is 20.9. The summed E-state index contributed by atoms with van der Waals surface area (Å²) in [5.74, 6) is 2.05. The zero-order chi connectivity index (χ0) is 21.8. The number of aromatic nitrogens is 2. The lowest BCUT2D eigenvalue weighted by atomic mass is 9.75. The van der Waals surface area contributed by atoms with Crippen LogP contribution in [0.15, 0.2) is 64.8 Å². The number of nitrogens with zero attached hydrogens (tertiary/aromatic N) is 2. The summed E-state index contributed by atoms with van der Waals surface area (Å²) in [4.78, 5) is 16.5. The van der Waals surface area contributed by atoms with Crippen molar-refractivity contribution in [1.29, 1.82) is 0 Å². The minimum atomic E-state index is -0.425. The summed E-state index contributed by atoms with van der Waals surface area (Å²) in [6.45, 7) is 4.10. The molecule has 0 spiro atoms. The van der Waals surface area contributed by atoms with Gasteiger partial charge in [0.15, 0.2) is 13.2 Å². The van der Waals surface area contributed by atoms with Gasteiger partial charge in [0, 0.05) is 17.1 Å². The lowest BCUT2D eigenvalue weighted by Crippen LogP contribution is -2.39. The molecule has 7 nitrogen and oxygen atoms in total. The maximum absolute atomic E-state index is 12.1. The minimum Gasteiger partial charge on any atom is -0.485 e. The summed E-state index contributed by atoms with van der Waals surface area (Å²) in [7, 11) is 0. The number of hydrogen-bond donors (Lipinski definition) is 1. The normalized spacial score (nSPS) is 17.5. The van der Waals surface area contributed by atoms with Crippen LogP contribution in [0.1, 0.15) is 30.6 Å². The van der Waals surface area contributed by atoms with Gasteiger partial charge in [-0.1, -0.05) is 34.5 Å². The van der Waals surface area contributed by atoms with Gasteiger partial charge in [0.05, 0.1) is 5.41 Å². The van der Waals surface area contributed by atoms with Crippen LogP contribution in [0.2, 0.25) is 5.02 Å². The van der Waals surface area contributed by atoms with Gasteiger partial charge >= 0.3 is 0 Å². The second-order valence-electron chi connectivity index (χ2n) is 7.67. The number of hydrogen-bond acceptors (Lipinski definition) is 6. The summed E-state index contributed by atoms with van der Waals surface area (Å²) in [5.41, 5.74) is 1.51. The molecule has 0 radical (unpaired) electrons. The summed E-state index contributed by atoms with van der Waals surface area (Å²) < 4.78 is 16.5. The summed E-state index contributed by atoms with van der Waals surface area (Å²) in [6, 6.07) is 14.6. The minimum absolute atomic E-state index is 0.0517. The van der Waals surface area contributed by atoms with Gasteiger partial charge in [0.2, 0.25) is 11.7 Å². The molecule has 0 saturated heterocycles.